The zero-order valence-corrected chi connectivity index (χ0v) is 24.8. The summed E-state index contributed by atoms with van der Waals surface area (Å²) in [5.41, 5.74) is 10.9. The number of methoxy groups -OCH3 is 1. The topological polar surface area (TPSA) is 133 Å². The molecule has 8 bridgehead atoms. The lowest BCUT2D eigenvalue weighted by atomic mass is 9.84. The summed E-state index contributed by atoms with van der Waals surface area (Å²) in [6.45, 7) is 10.1. The van der Waals surface area contributed by atoms with Crippen LogP contribution in [0.5, 0.6) is 0 Å². The third-order valence-electron chi connectivity index (χ3n) is 8.59. The quantitative estimate of drug-likeness (QED) is 0.268. The van der Waals surface area contributed by atoms with Crippen LogP contribution >= 0.6 is 0 Å². The van der Waals surface area contributed by atoms with Gasteiger partial charge in [-0.05, 0) is 80.2 Å². The van der Waals surface area contributed by atoms with Gasteiger partial charge in [0, 0.05) is 40.8 Å². The molecule has 0 aromatic heterocycles. The number of fused-ring (bicyclic) bond motifs is 5. The zero-order chi connectivity index (χ0) is 30.3. The highest BCUT2D eigenvalue weighted by Crippen LogP contribution is 2.42. The van der Waals surface area contributed by atoms with Crippen LogP contribution in [0.3, 0.4) is 0 Å². The Labute approximate surface area is 245 Å². The average molecular weight is 569 g/mol. The van der Waals surface area contributed by atoms with E-state index in [1.165, 1.54) is 7.11 Å². The highest BCUT2D eigenvalue weighted by molar-refractivity contribution is 6.19. The Balaban J connectivity index is 1.81. The Morgan fingerprint density at radius 2 is 1.79 bits per heavy atom. The van der Waals surface area contributed by atoms with Gasteiger partial charge in [-0.1, -0.05) is 13.8 Å². The fraction of sp³-hybridized carbons (Fsp3) is 0.364. The summed E-state index contributed by atoms with van der Waals surface area (Å²) >= 11 is 0. The van der Waals surface area contributed by atoms with E-state index < -0.39 is 11.9 Å². The summed E-state index contributed by atoms with van der Waals surface area (Å²) < 4.78 is 5.07. The summed E-state index contributed by atoms with van der Waals surface area (Å²) in [5.74, 6) is -1.70. The summed E-state index contributed by atoms with van der Waals surface area (Å²) in [7, 11) is 1.33. The number of aliphatic hydroxyl groups excluding tert-OH is 1. The van der Waals surface area contributed by atoms with Gasteiger partial charge in [0.25, 0.3) is 0 Å². The number of esters is 1. The number of nitrogens with zero attached hydrogens (tertiary/aromatic N) is 3. The fourth-order valence-corrected chi connectivity index (χ4v) is 6.13. The molecule has 1 fully saturated rings. The molecule has 0 amide bonds. The molecule has 0 aromatic carbocycles. The number of carboxylic acid groups (broad SMARTS) is 1. The molecule has 2 unspecified atom stereocenters. The van der Waals surface area contributed by atoms with Gasteiger partial charge in [-0.2, -0.15) is 0 Å². The first-order valence-corrected chi connectivity index (χ1v) is 14.2. The number of hydrogen-bond acceptors (Lipinski definition) is 8. The minimum absolute atomic E-state index is 0.0405. The van der Waals surface area contributed by atoms with Crippen molar-refractivity contribution >= 4 is 29.1 Å². The number of carbonyl (C=O) groups is 2. The summed E-state index contributed by atoms with van der Waals surface area (Å²) in [6.07, 6.45) is 9.95. The van der Waals surface area contributed by atoms with Crippen molar-refractivity contribution in [3.63, 3.8) is 0 Å². The number of rotatable bonds is 6. The molecule has 0 radical (unpaired) electrons. The Kier molecular flexibility index (Phi) is 7.86. The molecule has 5 aliphatic rings. The van der Waals surface area contributed by atoms with E-state index in [2.05, 4.69) is 19.2 Å². The number of carbonyl (C=O) groups excluding carboxylic acids is 1. The van der Waals surface area contributed by atoms with Crippen LogP contribution in [0, 0.1) is 11.8 Å². The van der Waals surface area contributed by atoms with Crippen molar-refractivity contribution < 1.29 is 24.5 Å². The largest absolute Gasteiger partial charge is 0.515 e. The molecule has 5 rings (SSSR count). The SMILES string of the molecule is CCC1=C(C)C2=NC1=CC1=C(C)C(=CO)C(=N1)C(CC(=O)OC)=C1NC(=CC3=NC(=C2)C=C3C)C(C)C1CCC(=O)O. The number of aliphatic carboxylic acids is 1. The van der Waals surface area contributed by atoms with Gasteiger partial charge in [0.15, 0.2) is 0 Å². The first kappa shape index (κ1) is 29.0. The number of aliphatic hydroxyl groups is 1. The monoisotopic (exact) mass is 568 g/mol. The number of aliphatic imine (C=N–C) groups is 3. The molecule has 42 heavy (non-hydrogen) atoms. The molecule has 0 aromatic rings. The second kappa shape index (κ2) is 11.4. The van der Waals surface area contributed by atoms with Gasteiger partial charge in [-0.25, -0.2) is 15.0 Å². The van der Waals surface area contributed by atoms with Gasteiger partial charge in [0.2, 0.25) is 0 Å². The molecule has 9 heteroatoms. The molecule has 218 valence electrons. The van der Waals surface area contributed by atoms with Crippen LogP contribution < -0.4 is 5.32 Å². The van der Waals surface area contributed by atoms with Gasteiger partial charge in [-0.3, -0.25) is 9.59 Å². The minimum Gasteiger partial charge on any atom is -0.515 e. The van der Waals surface area contributed by atoms with Gasteiger partial charge in [0.05, 0.1) is 54.0 Å². The molecule has 2 atom stereocenters. The molecular formula is C33H36N4O5. The Bertz CT molecular complexity index is 1630. The number of hydrogen-bond donors (Lipinski definition) is 3. The van der Waals surface area contributed by atoms with E-state index in [-0.39, 0.29) is 24.7 Å². The maximum absolute atomic E-state index is 12.8. The highest BCUT2D eigenvalue weighted by atomic mass is 16.5. The van der Waals surface area contributed by atoms with E-state index in [1.807, 2.05) is 45.1 Å². The van der Waals surface area contributed by atoms with Crippen molar-refractivity contribution in [2.75, 3.05) is 7.11 Å². The van der Waals surface area contributed by atoms with Crippen LogP contribution in [0.1, 0.15) is 60.3 Å². The van der Waals surface area contributed by atoms with Crippen molar-refractivity contribution in [3.8, 4) is 0 Å². The molecule has 0 saturated carbocycles. The number of ether oxygens (including phenoxy) is 1. The van der Waals surface area contributed by atoms with Crippen molar-refractivity contribution in [2.24, 2.45) is 26.8 Å². The van der Waals surface area contributed by atoms with E-state index >= 15 is 0 Å². The maximum atomic E-state index is 12.8. The van der Waals surface area contributed by atoms with Crippen LogP contribution in [0.4, 0.5) is 0 Å². The van der Waals surface area contributed by atoms with Crippen LogP contribution in [0.25, 0.3) is 0 Å². The van der Waals surface area contributed by atoms with Gasteiger partial charge >= 0.3 is 11.9 Å². The van der Waals surface area contributed by atoms with Crippen LogP contribution in [-0.2, 0) is 14.3 Å². The first-order valence-electron chi connectivity index (χ1n) is 14.2. The first-order chi connectivity index (χ1) is 20.1. The number of carboxylic acids is 1. The minimum atomic E-state index is -0.896. The van der Waals surface area contributed by atoms with Gasteiger partial charge < -0.3 is 20.3 Å². The smallest absolute Gasteiger partial charge is 0.310 e. The predicted octanol–water partition coefficient (Wildman–Crippen LogP) is 5.94. The van der Waals surface area contributed by atoms with E-state index in [4.69, 9.17) is 19.7 Å². The van der Waals surface area contributed by atoms with Crippen molar-refractivity contribution in [2.45, 2.75) is 60.3 Å². The maximum Gasteiger partial charge on any atom is 0.310 e. The fourth-order valence-electron chi connectivity index (χ4n) is 6.13. The molecule has 9 nitrogen and oxygen atoms in total. The highest BCUT2D eigenvalue weighted by Gasteiger charge is 2.38. The number of nitrogens with one attached hydrogen (secondary N) is 1. The Morgan fingerprint density at radius 1 is 1.02 bits per heavy atom. The molecule has 0 aliphatic carbocycles. The van der Waals surface area contributed by atoms with E-state index in [1.54, 1.807) is 0 Å². The molecule has 5 aliphatic heterocycles. The van der Waals surface area contributed by atoms with Gasteiger partial charge in [-0.15, -0.1) is 0 Å². The summed E-state index contributed by atoms with van der Waals surface area (Å²) in [5, 5.41) is 23.5. The standard InChI is InChI=1S/C33H36N4O5/c1-7-21-17(3)26-11-20-10-16(2)25(34-20)13-27-18(4)22(8-9-30(39)40)32(36-27)23(12-31(41)42-6)33-24(15-38)19(5)28(37-33)14-29(21)35-26/h10-11,13-15,18,22,36,38H,7-9,12H2,1-6H3,(H,39,40). The van der Waals surface area contributed by atoms with Crippen LogP contribution in [0.15, 0.2) is 107 Å². The molecule has 1 saturated heterocycles. The van der Waals surface area contributed by atoms with Gasteiger partial charge in [0.1, 0.15) is 0 Å². The zero-order valence-electron chi connectivity index (χ0n) is 24.8. The van der Waals surface area contributed by atoms with Crippen molar-refractivity contribution in [1.82, 2.24) is 5.32 Å². The lowest BCUT2D eigenvalue weighted by Crippen LogP contribution is -2.20. The molecular weight excluding hydrogens is 532 g/mol. The average Bonchev–Trinajstić information content (AvgIpc) is 3.64. The van der Waals surface area contributed by atoms with E-state index in [0.29, 0.717) is 34.7 Å². The third kappa shape index (κ3) is 5.15. The van der Waals surface area contributed by atoms with E-state index in [0.717, 1.165) is 63.5 Å². The van der Waals surface area contributed by atoms with Crippen molar-refractivity contribution in [1.29, 1.82) is 0 Å². The summed E-state index contributed by atoms with van der Waals surface area (Å²) in [4.78, 5) is 39.2. The normalized spacial score (nSPS) is 24.2. The van der Waals surface area contributed by atoms with E-state index in [9.17, 15) is 19.8 Å². The lowest BCUT2D eigenvalue weighted by molar-refractivity contribution is -0.140. The van der Waals surface area contributed by atoms with Crippen LogP contribution in [-0.4, -0.2) is 46.4 Å². The molecule has 5 heterocycles. The molecule has 3 N–H and O–H groups in total. The lowest BCUT2D eigenvalue weighted by Gasteiger charge is -2.19. The Morgan fingerprint density at radius 3 is 2.45 bits per heavy atom. The Hall–Kier alpha value is -4.53. The van der Waals surface area contributed by atoms with Crippen molar-refractivity contribution in [3.05, 3.63) is 92.5 Å². The summed E-state index contributed by atoms with van der Waals surface area (Å²) in [6, 6.07) is 0. The predicted molar refractivity (Wildman–Crippen MR) is 163 cm³/mol. The molecule has 0 spiro atoms. The van der Waals surface area contributed by atoms with Crippen LogP contribution in [0.2, 0.25) is 0 Å². The number of allylic oxidation sites excluding steroid dienone is 11. The third-order valence-corrected chi connectivity index (χ3v) is 8.59. The second-order valence-corrected chi connectivity index (χ2v) is 11.1. The second-order valence-electron chi connectivity index (χ2n) is 11.1.